The molecule has 16 heavy (non-hydrogen) atoms. The van der Waals surface area contributed by atoms with Gasteiger partial charge in [0, 0.05) is 6.42 Å². The minimum Gasteiger partial charge on any atom is -0.390 e. The maximum absolute atomic E-state index is 10.1. The molecule has 2 rings (SSSR count). The highest BCUT2D eigenvalue weighted by atomic mass is 16.3. The maximum Gasteiger partial charge on any atom is 0.0657 e. The number of hydrogen-bond donors (Lipinski definition) is 1. The van der Waals surface area contributed by atoms with Gasteiger partial charge in [0.1, 0.15) is 0 Å². The quantitative estimate of drug-likeness (QED) is 0.828. The summed E-state index contributed by atoms with van der Waals surface area (Å²) in [4.78, 5) is 0. The van der Waals surface area contributed by atoms with Gasteiger partial charge in [-0.3, -0.25) is 0 Å². The molecule has 1 unspecified atom stereocenters. The topological polar surface area (TPSA) is 20.2 Å². The third-order valence-electron chi connectivity index (χ3n) is 3.21. The van der Waals surface area contributed by atoms with Crippen LogP contribution < -0.4 is 0 Å². The number of aliphatic hydroxyl groups is 1. The van der Waals surface area contributed by atoms with Crippen LogP contribution in [0.5, 0.6) is 0 Å². The summed E-state index contributed by atoms with van der Waals surface area (Å²) in [6.45, 7) is 3.92. The van der Waals surface area contributed by atoms with Crippen molar-refractivity contribution in [1.82, 2.24) is 0 Å². The molecular formula is C15H18O. The van der Waals surface area contributed by atoms with Crippen molar-refractivity contribution in [3.8, 4) is 0 Å². The van der Waals surface area contributed by atoms with Gasteiger partial charge in [0.15, 0.2) is 0 Å². The van der Waals surface area contributed by atoms with Crippen molar-refractivity contribution < 1.29 is 5.11 Å². The van der Waals surface area contributed by atoms with Gasteiger partial charge in [-0.2, -0.15) is 0 Å². The first-order chi connectivity index (χ1) is 7.62. The van der Waals surface area contributed by atoms with E-state index in [-0.39, 0.29) is 0 Å². The van der Waals surface area contributed by atoms with Crippen LogP contribution in [0.3, 0.4) is 0 Å². The molecule has 0 aliphatic carbocycles. The van der Waals surface area contributed by atoms with Crippen LogP contribution in [0, 0.1) is 0 Å². The lowest BCUT2D eigenvalue weighted by Gasteiger charge is -2.22. The number of fused-ring (bicyclic) bond motifs is 1. The number of rotatable bonds is 3. The van der Waals surface area contributed by atoms with Crippen molar-refractivity contribution in [1.29, 1.82) is 0 Å². The number of benzene rings is 2. The van der Waals surface area contributed by atoms with Crippen molar-refractivity contribution in [2.75, 3.05) is 0 Å². The zero-order valence-corrected chi connectivity index (χ0v) is 9.90. The fourth-order valence-corrected chi connectivity index (χ4v) is 1.98. The summed E-state index contributed by atoms with van der Waals surface area (Å²) in [6.07, 6.45) is 1.49. The minimum atomic E-state index is -0.607. The first-order valence-electron chi connectivity index (χ1n) is 5.81. The third-order valence-corrected chi connectivity index (χ3v) is 3.21. The first kappa shape index (κ1) is 11.2. The smallest absolute Gasteiger partial charge is 0.0657 e. The van der Waals surface area contributed by atoms with Crippen LogP contribution in [0.15, 0.2) is 42.5 Å². The molecule has 1 atom stereocenters. The van der Waals surface area contributed by atoms with Crippen LogP contribution in [0.25, 0.3) is 10.8 Å². The fourth-order valence-electron chi connectivity index (χ4n) is 1.98. The number of hydrogen-bond acceptors (Lipinski definition) is 1. The van der Waals surface area contributed by atoms with E-state index in [9.17, 15) is 5.11 Å². The molecule has 2 aromatic rings. The molecule has 0 radical (unpaired) electrons. The van der Waals surface area contributed by atoms with E-state index < -0.39 is 5.60 Å². The Morgan fingerprint density at radius 1 is 1.06 bits per heavy atom. The normalized spacial score (nSPS) is 14.9. The van der Waals surface area contributed by atoms with Gasteiger partial charge >= 0.3 is 0 Å². The largest absolute Gasteiger partial charge is 0.390 e. The van der Waals surface area contributed by atoms with E-state index in [0.29, 0.717) is 6.42 Å². The lowest BCUT2D eigenvalue weighted by molar-refractivity contribution is 0.0568. The van der Waals surface area contributed by atoms with Crippen LogP contribution in [-0.4, -0.2) is 10.7 Å². The molecule has 0 bridgehead atoms. The van der Waals surface area contributed by atoms with Crippen LogP contribution in [-0.2, 0) is 6.42 Å². The maximum atomic E-state index is 10.1. The average molecular weight is 214 g/mol. The van der Waals surface area contributed by atoms with E-state index in [1.807, 2.05) is 26.0 Å². The Balaban J connectivity index is 2.45. The van der Waals surface area contributed by atoms with E-state index in [2.05, 4.69) is 30.3 Å². The van der Waals surface area contributed by atoms with E-state index >= 15 is 0 Å². The molecule has 0 aromatic heterocycles. The second kappa shape index (κ2) is 4.26. The Bertz CT molecular complexity index is 480. The van der Waals surface area contributed by atoms with Crippen molar-refractivity contribution in [3.63, 3.8) is 0 Å². The molecule has 0 saturated heterocycles. The Labute approximate surface area is 96.7 Å². The summed E-state index contributed by atoms with van der Waals surface area (Å²) in [6, 6.07) is 14.6. The van der Waals surface area contributed by atoms with Gasteiger partial charge in [-0.15, -0.1) is 0 Å². The Morgan fingerprint density at radius 3 is 2.50 bits per heavy atom. The molecule has 2 aromatic carbocycles. The zero-order valence-electron chi connectivity index (χ0n) is 9.90. The first-order valence-corrected chi connectivity index (χ1v) is 5.81. The summed E-state index contributed by atoms with van der Waals surface area (Å²) >= 11 is 0. The third kappa shape index (κ3) is 2.25. The molecule has 0 heterocycles. The second-order valence-electron chi connectivity index (χ2n) is 4.67. The summed E-state index contributed by atoms with van der Waals surface area (Å²) in [7, 11) is 0. The van der Waals surface area contributed by atoms with Gasteiger partial charge in [-0.25, -0.2) is 0 Å². The van der Waals surface area contributed by atoms with E-state index in [1.54, 1.807) is 0 Å². The Kier molecular flexibility index (Phi) is 2.97. The Morgan fingerprint density at radius 2 is 1.75 bits per heavy atom. The highest BCUT2D eigenvalue weighted by Crippen LogP contribution is 2.24. The van der Waals surface area contributed by atoms with E-state index in [4.69, 9.17) is 0 Å². The standard InChI is InChI=1S/C15H18O/c1-3-15(2,16)11-13-9-6-8-12-7-4-5-10-14(12)13/h4-10,16H,3,11H2,1-2H3. The van der Waals surface area contributed by atoms with Crippen LogP contribution in [0.2, 0.25) is 0 Å². The molecule has 1 heteroatoms. The summed E-state index contributed by atoms with van der Waals surface area (Å²) < 4.78 is 0. The second-order valence-corrected chi connectivity index (χ2v) is 4.67. The molecule has 0 aliphatic rings. The van der Waals surface area contributed by atoms with Gasteiger partial charge in [0.05, 0.1) is 5.60 Å². The van der Waals surface area contributed by atoms with Crippen molar-refractivity contribution in [3.05, 3.63) is 48.0 Å². The monoisotopic (exact) mass is 214 g/mol. The van der Waals surface area contributed by atoms with Gasteiger partial charge in [-0.05, 0) is 29.7 Å². The van der Waals surface area contributed by atoms with E-state index in [0.717, 1.165) is 6.42 Å². The highest BCUT2D eigenvalue weighted by Gasteiger charge is 2.18. The summed E-state index contributed by atoms with van der Waals surface area (Å²) in [5.41, 5.74) is 0.620. The minimum absolute atomic E-state index is 0.607. The predicted molar refractivity (Wildman–Crippen MR) is 68.6 cm³/mol. The van der Waals surface area contributed by atoms with Gasteiger partial charge in [-0.1, -0.05) is 49.4 Å². The summed E-state index contributed by atoms with van der Waals surface area (Å²) in [5.74, 6) is 0. The molecule has 0 saturated carbocycles. The molecular weight excluding hydrogens is 196 g/mol. The zero-order chi connectivity index (χ0) is 11.6. The molecule has 0 fully saturated rings. The Hall–Kier alpha value is -1.34. The average Bonchev–Trinajstić information content (AvgIpc) is 2.29. The van der Waals surface area contributed by atoms with Crippen molar-refractivity contribution in [2.24, 2.45) is 0 Å². The van der Waals surface area contributed by atoms with Gasteiger partial charge < -0.3 is 5.11 Å². The predicted octanol–water partition coefficient (Wildman–Crippen LogP) is 3.54. The fraction of sp³-hybridized carbons (Fsp3) is 0.333. The molecule has 1 nitrogen and oxygen atoms in total. The van der Waals surface area contributed by atoms with Crippen molar-refractivity contribution >= 4 is 10.8 Å². The van der Waals surface area contributed by atoms with Gasteiger partial charge in [0.25, 0.3) is 0 Å². The molecule has 0 aliphatic heterocycles. The SMILES string of the molecule is CCC(C)(O)Cc1cccc2ccccc12. The molecule has 1 N–H and O–H groups in total. The van der Waals surface area contributed by atoms with Crippen LogP contribution >= 0.6 is 0 Å². The lowest BCUT2D eigenvalue weighted by Crippen LogP contribution is -2.25. The summed E-state index contributed by atoms with van der Waals surface area (Å²) in [5, 5.41) is 12.6. The van der Waals surface area contributed by atoms with E-state index in [1.165, 1.54) is 16.3 Å². The lowest BCUT2D eigenvalue weighted by atomic mass is 9.91. The van der Waals surface area contributed by atoms with Crippen LogP contribution in [0.4, 0.5) is 0 Å². The van der Waals surface area contributed by atoms with Crippen LogP contribution in [0.1, 0.15) is 25.8 Å². The van der Waals surface area contributed by atoms with Gasteiger partial charge in [0.2, 0.25) is 0 Å². The molecule has 84 valence electrons. The molecule has 0 spiro atoms. The molecule has 0 amide bonds. The van der Waals surface area contributed by atoms with Crippen molar-refractivity contribution in [2.45, 2.75) is 32.3 Å². The highest BCUT2D eigenvalue weighted by molar-refractivity contribution is 5.85.